The van der Waals surface area contributed by atoms with Gasteiger partial charge in [-0.15, -0.1) is 0 Å². The van der Waals surface area contributed by atoms with Gasteiger partial charge >= 0.3 is 6.09 Å². The Labute approximate surface area is 98.4 Å². The predicted molar refractivity (Wildman–Crippen MR) is 69.0 cm³/mol. The highest BCUT2D eigenvalue weighted by Crippen LogP contribution is 2.10. The zero-order valence-corrected chi connectivity index (χ0v) is 12.0. The number of hydrogen-bond donors (Lipinski definition) is 0. The predicted octanol–water partition coefficient (Wildman–Crippen LogP) is 2.82. The Bertz CT molecular complexity index is 382. The largest absolute Gasteiger partial charge is 0.443 e. The minimum absolute atomic E-state index is 0.282. The van der Waals surface area contributed by atoms with Crippen molar-refractivity contribution in [3.05, 3.63) is 18.3 Å². The van der Waals surface area contributed by atoms with E-state index >= 15 is 0 Å². The maximum Gasteiger partial charge on any atom is 0.418 e. The number of aromatic nitrogens is 1. The molecule has 0 N–H and O–H groups in total. The van der Waals surface area contributed by atoms with Gasteiger partial charge in [-0.25, -0.2) is 4.79 Å². The van der Waals surface area contributed by atoms with Crippen LogP contribution >= 0.6 is 0 Å². The van der Waals surface area contributed by atoms with Gasteiger partial charge in [0, 0.05) is 11.5 Å². The Morgan fingerprint density at radius 1 is 1.31 bits per heavy atom. The molecule has 0 aromatic carbocycles. The summed E-state index contributed by atoms with van der Waals surface area (Å²) < 4.78 is 7.00. The first-order valence-electron chi connectivity index (χ1n) is 5.52. The Balaban J connectivity index is 2.98. The summed E-state index contributed by atoms with van der Waals surface area (Å²) in [5.41, 5.74) is -0.446. The molecule has 0 atom stereocenters. The molecule has 0 saturated heterocycles. The lowest BCUT2D eigenvalue weighted by Crippen LogP contribution is -2.45. The Morgan fingerprint density at radius 2 is 1.88 bits per heavy atom. The first-order valence-corrected chi connectivity index (χ1v) is 9.02. The van der Waals surface area contributed by atoms with Crippen LogP contribution < -0.4 is 5.32 Å². The van der Waals surface area contributed by atoms with Gasteiger partial charge in [0.2, 0.25) is 0 Å². The standard InChI is InChI=1S/C12H21NO2Si/c1-12(2,3)15-11(14)13-9-7-8-10(13)16(4,5)6/h7-9H,1-6H3. The van der Waals surface area contributed by atoms with Gasteiger partial charge in [-0.3, -0.25) is 4.57 Å². The maximum atomic E-state index is 12.0. The Morgan fingerprint density at radius 3 is 2.31 bits per heavy atom. The molecule has 1 aromatic heterocycles. The van der Waals surface area contributed by atoms with Crippen molar-refractivity contribution in [1.29, 1.82) is 0 Å². The number of nitrogens with zero attached hydrogens (tertiary/aromatic N) is 1. The quantitative estimate of drug-likeness (QED) is 0.706. The van der Waals surface area contributed by atoms with Crippen LogP contribution in [0.1, 0.15) is 20.8 Å². The van der Waals surface area contributed by atoms with Gasteiger partial charge in [0.25, 0.3) is 0 Å². The molecule has 0 spiro atoms. The van der Waals surface area contributed by atoms with E-state index in [-0.39, 0.29) is 6.09 Å². The summed E-state index contributed by atoms with van der Waals surface area (Å²) in [5.74, 6) is 0. The molecule has 0 fully saturated rings. The van der Waals surface area contributed by atoms with Gasteiger partial charge in [-0.2, -0.15) is 0 Å². The minimum Gasteiger partial charge on any atom is -0.443 e. The molecule has 0 aliphatic carbocycles. The van der Waals surface area contributed by atoms with Crippen molar-refractivity contribution in [2.45, 2.75) is 46.0 Å². The average Bonchev–Trinajstić information content (AvgIpc) is 2.45. The van der Waals surface area contributed by atoms with Crippen LogP contribution in [0.15, 0.2) is 18.3 Å². The van der Waals surface area contributed by atoms with Crippen molar-refractivity contribution in [3.8, 4) is 0 Å². The molecule has 16 heavy (non-hydrogen) atoms. The van der Waals surface area contributed by atoms with Crippen LogP contribution in [-0.2, 0) is 4.74 Å². The third kappa shape index (κ3) is 3.23. The van der Waals surface area contributed by atoms with E-state index in [1.54, 1.807) is 10.8 Å². The normalized spacial score (nSPS) is 12.6. The second-order valence-corrected chi connectivity index (χ2v) is 11.0. The molecule has 0 bridgehead atoms. The SMILES string of the molecule is CC(C)(C)OC(=O)n1cccc1[Si](C)(C)C. The van der Waals surface area contributed by atoms with E-state index in [0.717, 1.165) is 5.32 Å². The molecular formula is C12H21NO2Si. The summed E-state index contributed by atoms with van der Waals surface area (Å²) in [6, 6.07) is 3.91. The third-order valence-electron chi connectivity index (χ3n) is 2.11. The molecule has 0 amide bonds. The van der Waals surface area contributed by atoms with Crippen LogP contribution in [0.25, 0.3) is 0 Å². The summed E-state index contributed by atoms with van der Waals surface area (Å²) in [6.07, 6.45) is 1.50. The van der Waals surface area contributed by atoms with Crippen molar-refractivity contribution in [1.82, 2.24) is 4.57 Å². The summed E-state index contributed by atoms with van der Waals surface area (Å²) in [6.45, 7) is 12.3. The zero-order valence-electron chi connectivity index (χ0n) is 11.0. The second kappa shape index (κ2) is 4.09. The molecule has 0 aliphatic heterocycles. The van der Waals surface area contributed by atoms with Crippen molar-refractivity contribution >= 4 is 19.5 Å². The Kier molecular flexibility index (Phi) is 3.33. The van der Waals surface area contributed by atoms with E-state index in [4.69, 9.17) is 4.74 Å². The fraction of sp³-hybridized carbons (Fsp3) is 0.583. The van der Waals surface area contributed by atoms with E-state index in [1.165, 1.54) is 0 Å². The number of rotatable bonds is 1. The lowest BCUT2D eigenvalue weighted by molar-refractivity contribution is 0.0542. The van der Waals surface area contributed by atoms with Gasteiger partial charge in [0.15, 0.2) is 0 Å². The summed E-state index contributed by atoms with van der Waals surface area (Å²) >= 11 is 0. The van der Waals surface area contributed by atoms with Crippen LogP contribution in [0.5, 0.6) is 0 Å². The van der Waals surface area contributed by atoms with Crippen molar-refractivity contribution in [2.75, 3.05) is 0 Å². The van der Waals surface area contributed by atoms with Gasteiger partial charge in [-0.1, -0.05) is 19.6 Å². The van der Waals surface area contributed by atoms with E-state index in [2.05, 4.69) is 19.6 Å². The molecular weight excluding hydrogens is 218 g/mol. The second-order valence-electron chi connectivity index (χ2n) is 5.99. The molecule has 90 valence electrons. The zero-order chi connectivity index (χ0) is 12.6. The van der Waals surface area contributed by atoms with Crippen molar-refractivity contribution in [3.63, 3.8) is 0 Å². The number of carbonyl (C=O) groups excluding carboxylic acids is 1. The lowest BCUT2D eigenvalue weighted by Gasteiger charge is -2.23. The number of hydrogen-bond acceptors (Lipinski definition) is 2. The molecule has 0 unspecified atom stereocenters. The molecule has 1 heterocycles. The first-order chi connectivity index (χ1) is 7.11. The number of carbonyl (C=O) groups is 1. The monoisotopic (exact) mass is 239 g/mol. The molecule has 3 nitrogen and oxygen atoms in total. The van der Waals surface area contributed by atoms with Crippen LogP contribution in [0.2, 0.25) is 19.6 Å². The molecule has 1 rings (SSSR count). The molecule has 0 saturated carbocycles. The molecule has 0 radical (unpaired) electrons. The van der Waals surface area contributed by atoms with Gasteiger partial charge in [0.1, 0.15) is 5.60 Å². The van der Waals surface area contributed by atoms with E-state index in [9.17, 15) is 4.79 Å². The van der Waals surface area contributed by atoms with Crippen LogP contribution in [-0.4, -0.2) is 24.3 Å². The van der Waals surface area contributed by atoms with E-state index in [0.29, 0.717) is 0 Å². The summed E-state index contributed by atoms with van der Waals surface area (Å²) in [5, 5.41) is 1.10. The van der Waals surface area contributed by atoms with Gasteiger partial charge < -0.3 is 4.74 Å². The van der Waals surface area contributed by atoms with Crippen molar-refractivity contribution in [2.24, 2.45) is 0 Å². The molecule has 4 heteroatoms. The average molecular weight is 239 g/mol. The first kappa shape index (κ1) is 13.0. The van der Waals surface area contributed by atoms with E-state index < -0.39 is 13.7 Å². The number of ether oxygens (including phenoxy) is 1. The topological polar surface area (TPSA) is 31.2 Å². The van der Waals surface area contributed by atoms with Gasteiger partial charge in [-0.05, 0) is 32.9 Å². The fourth-order valence-corrected chi connectivity index (χ4v) is 2.95. The highest BCUT2D eigenvalue weighted by atomic mass is 28.3. The Hall–Kier alpha value is -1.03. The van der Waals surface area contributed by atoms with Crippen LogP contribution in [0, 0.1) is 0 Å². The molecule has 0 aliphatic rings. The lowest BCUT2D eigenvalue weighted by atomic mass is 10.2. The minimum atomic E-state index is -1.50. The van der Waals surface area contributed by atoms with Crippen LogP contribution in [0.3, 0.4) is 0 Å². The maximum absolute atomic E-state index is 12.0. The molecule has 1 aromatic rings. The summed E-state index contributed by atoms with van der Waals surface area (Å²) in [4.78, 5) is 12.0. The van der Waals surface area contributed by atoms with E-state index in [1.807, 2.05) is 32.9 Å². The van der Waals surface area contributed by atoms with Gasteiger partial charge in [0.05, 0.1) is 8.07 Å². The highest BCUT2D eigenvalue weighted by Gasteiger charge is 2.25. The van der Waals surface area contributed by atoms with Crippen LogP contribution in [0.4, 0.5) is 4.79 Å². The smallest absolute Gasteiger partial charge is 0.418 e. The third-order valence-corrected chi connectivity index (χ3v) is 4.05. The van der Waals surface area contributed by atoms with Crippen molar-refractivity contribution < 1.29 is 9.53 Å². The highest BCUT2D eigenvalue weighted by molar-refractivity contribution is 6.88. The fourth-order valence-electron chi connectivity index (χ4n) is 1.46. The summed E-state index contributed by atoms with van der Waals surface area (Å²) in [7, 11) is -1.50.